The average Bonchev–Trinajstić information content (AvgIpc) is 3.45. The van der Waals surface area contributed by atoms with Crippen LogP contribution in [0.2, 0.25) is 0 Å². The van der Waals surface area contributed by atoms with Crippen LogP contribution in [-0.2, 0) is 11.3 Å². The summed E-state index contributed by atoms with van der Waals surface area (Å²) in [5.74, 6) is 1.63. The fourth-order valence-electron chi connectivity index (χ4n) is 5.08. The molecule has 2 aliphatic rings. The van der Waals surface area contributed by atoms with Crippen LogP contribution in [0.4, 0.5) is 16.2 Å². The summed E-state index contributed by atoms with van der Waals surface area (Å²) >= 11 is 0. The second-order valence-electron chi connectivity index (χ2n) is 11.8. The van der Waals surface area contributed by atoms with Crippen LogP contribution in [0, 0.1) is 0 Å². The van der Waals surface area contributed by atoms with E-state index >= 15 is 0 Å². The molecule has 2 fully saturated rings. The van der Waals surface area contributed by atoms with E-state index in [1.165, 1.54) is 0 Å². The smallest absolute Gasteiger partial charge is 0.410 e. The highest BCUT2D eigenvalue weighted by atomic mass is 16.6. The number of likely N-dealkylation sites (N-methyl/N-ethyl adjacent to an activating group) is 1. The summed E-state index contributed by atoms with van der Waals surface area (Å²) in [6.07, 6.45) is -0.246. The van der Waals surface area contributed by atoms with E-state index in [9.17, 15) is 9.59 Å². The number of hydrogen-bond acceptors (Lipinski definition) is 7. The fourth-order valence-corrected chi connectivity index (χ4v) is 5.08. The van der Waals surface area contributed by atoms with Gasteiger partial charge >= 0.3 is 6.09 Å². The van der Waals surface area contributed by atoms with Gasteiger partial charge in [0.15, 0.2) is 0 Å². The third kappa shape index (κ3) is 7.41. The number of carbonyl (C=O) groups excluding carboxylic acids is 2. The Morgan fingerprint density at radius 1 is 0.854 bits per heavy atom. The minimum atomic E-state index is -0.482. The molecule has 0 unspecified atom stereocenters. The maximum Gasteiger partial charge on any atom is 0.410 e. The number of piperazine rings is 2. The Hall–Kier alpha value is -3.98. The van der Waals surface area contributed by atoms with Crippen molar-refractivity contribution in [2.24, 2.45) is 0 Å². The molecule has 2 saturated heterocycles. The van der Waals surface area contributed by atoms with Crippen LogP contribution in [0.5, 0.6) is 0 Å². The van der Waals surface area contributed by atoms with E-state index < -0.39 is 5.60 Å². The van der Waals surface area contributed by atoms with E-state index in [4.69, 9.17) is 9.15 Å². The lowest BCUT2D eigenvalue weighted by Crippen LogP contribution is -2.50. The Morgan fingerprint density at radius 3 is 2.22 bits per heavy atom. The van der Waals surface area contributed by atoms with Gasteiger partial charge < -0.3 is 34.1 Å². The van der Waals surface area contributed by atoms with Crippen molar-refractivity contribution in [3.8, 4) is 11.3 Å². The summed E-state index contributed by atoms with van der Waals surface area (Å²) in [6, 6.07) is 19.9. The van der Waals surface area contributed by atoms with Crippen LogP contribution in [0.15, 0.2) is 65.1 Å². The molecular formula is C32H41N5O4. The molecule has 5 rings (SSSR count). The van der Waals surface area contributed by atoms with Gasteiger partial charge in [0.25, 0.3) is 5.91 Å². The predicted molar refractivity (Wildman–Crippen MR) is 161 cm³/mol. The van der Waals surface area contributed by atoms with Crippen molar-refractivity contribution in [3.05, 3.63) is 72.0 Å². The van der Waals surface area contributed by atoms with Crippen LogP contribution in [0.25, 0.3) is 11.3 Å². The van der Waals surface area contributed by atoms with Gasteiger partial charge in [0, 0.05) is 74.9 Å². The molecule has 0 bridgehead atoms. The molecule has 1 aromatic heterocycles. The topological polar surface area (TPSA) is 81.5 Å². The lowest BCUT2D eigenvalue weighted by Gasteiger charge is -2.36. The predicted octanol–water partition coefficient (Wildman–Crippen LogP) is 5.00. The van der Waals surface area contributed by atoms with Gasteiger partial charge in [0.2, 0.25) is 0 Å². The second kappa shape index (κ2) is 12.3. The zero-order valence-corrected chi connectivity index (χ0v) is 24.6. The van der Waals surface area contributed by atoms with Gasteiger partial charge in [0.1, 0.15) is 17.1 Å². The maximum absolute atomic E-state index is 13.0. The number of nitrogens with one attached hydrogen (secondary N) is 1. The van der Waals surface area contributed by atoms with Crippen molar-refractivity contribution in [2.75, 3.05) is 69.6 Å². The number of ether oxygens (including phenoxy) is 1. The van der Waals surface area contributed by atoms with E-state index in [2.05, 4.69) is 46.4 Å². The molecule has 2 amide bonds. The third-order valence-corrected chi connectivity index (χ3v) is 7.48. The summed E-state index contributed by atoms with van der Waals surface area (Å²) in [6.45, 7) is 12.3. The number of carbonyl (C=O) groups is 2. The molecule has 0 spiro atoms. The molecule has 0 aliphatic carbocycles. The van der Waals surface area contributed by atoms with Gasteiger partial charge in [0.05, 0.1) is 6.54 Å². The lowest BCUT2D eigenvalue weighted by molar-refractivity contribution is 0.0240. The Morgan fingerprint density at radius 2 is 1.54 bits per heavy atom. The summed E-state index contributed by atoms with van der Waals surface area (Å²) < 4.78 is 11.6. The Balaban J connectivity index is 1.12. The van der Waals surface area contributed by atoms with E-state index in [0.29, 0.717) is 25.2 Å². The molecule has 9 nitrogen and oxygen atoms in total. The van der Waals surface area contributed by atoms with Gasteiger partial charge in [-0.1, -0.05) is 12.1 Å². The van der Waals surface area contributed by atoms with Crippen molar-refractivity contribution in [1.29, 1.82) is 0 Å². The van der Waals surface area contributed by atoms with Gasteiger partial charge in [-0.25, -0.2) is 4.79 Å². The number of rotatable bonds is 6. The van der Waals surface area contributed by atoms with Crippen molar-refractivity contribution >= 4 is 23.4 Å². The number of amides is 2. The molecule has 2 aromatic carbocycles. The Bertz CT molecular complexity index is 1330. The molecule has 41 heavy (non-hydrogen) atoms. The van der Waals surface area contributed by atoms with Crippen molar-refractivity contribution in [2.45, 2.75) is 32.9 Å². The van der Waals surface area contributed by atoms with Crippen LogP contribution >= 0.6 is 0 Å². The quantitative estimate of drug-likeness (QED) is 0.455. The minimum absolute atomic E-state index is 0.0711. The third-order valence-electron chi connectivity index (χ3n) is 7.48. The number of hydrogen-bond donors (Lipinski definition) is 1. The van der Waals surface area contributed by atoms with Crippen molar-refractivity contribution in [3.63, 3.8) is 0 Å². The van der Waals surface area contributed by atoms with E-state index in [0.717, 1.165) is 67.7 Å². The summed E-state index contributed by atoms with van der Waals surface area (Å²) in [4.78, 5) is 33.6. The number of benzene rings is 2. The lowest BCUT2D eigenvalue weighted by atomic mass is 10.1. The van der Waals surface area contributed by atoms with E-state index in [-0.39, 0.29) is 12.0 Å². The van der Waals surface area contributed by atoms with Crippen molar-refractivity contribution in [1.82, 2.24) is 14.7 Å². The SMILES string of the molecule is CN1CCN(C(=O)c2cccc(-c3ccc(CNc4ccc(N5CCN(C(=O)OC(C)(C)C)CC5)cc4)o3)c2)CC1. The van der Waals surface area contributed by atoms with Gasteiger partial charge in [-0.3, -0.25) is 4.79 Å². The molecule has 3 heterocycles. The first-order chi connectivity index (χ1) is 19.6. The molecule has 0 radical (unpaired) electrons. The molecule has 1 N–H and O–H groups in total. The molecule has 9 heteroatoms. The monoisotopic (exact) mass is 559 g/mol. The molecule has 0 saturated carbocycles. The van der Waals surface area contributed by atoms with Crippen LogP contribution < -0.4 is 10.2 Å². The van der Waals surface area contributed by atoms with Crippen LogP contribution in [0.3, 0.4) is 0 Å². The molecular weight excluding hydrogens is 518 g/mol. The summed E-state index contributed by atoms with van der Waals surface area (Å²) in [7, 11) is 2.08. The minimum Gasteiger partial charge on any atom is -0.459 e. The first kappa shape index (κ1) is 28.5. The first-order valence-electron chi connectivity index (χ1n) is 14.4. The van der Waals surface area contributed by atoms with E-state index in [1.807, 2.05) is 62.1 Å². The number of anilines is 2. The van der Waals surface area contributed by atoms with Crippen molar-refractivity contribution < 1.29 is 18.7 Å². The van der Waals surface area contributed by atoms with E-state index in [1.54, 1.807) is 4.90 Å². The Labute approximate surface area is 242 Å². The zero-order valence-electron chi connectivity index (χ0n) is 24.6. The first-order valence-corrected chi connectivity index (χ1v) is 14.4. The zero-order chi connectivity index (χ0) is 29.0. The van der Waals surface area contributed by atoms with Gasteiger partial charge in [-0.2, -0.15) is 0 Å². The van der Waals surface area contributed by atoms with Crippen LogP contribution in [0.1, 0.15) is 36.9 Å². The highest BCUT2D eigenvalue weighted by Crippen LogP contribution is 2.25. The number of furan rings is 1. The fraction of sp³-hybridized carbons (Fsp3) is 0.438. The summed E-state index contributed by atoms with van der Waals surface area (Å²) in [5, 5.41) is 3.43. The van der Waals surface area contributed by atoms with Crippen LogP contribution in [-0.4, -0.2) is 91.7 Å². The normalized spacial score (nSPS) is 16.5. The standard InChI is InChI=1S/C32H41N5O4/c1-32(2,3)41-31(39)37-20-18-35(19-21-37)27-10-8-26(9-11-27)33-23-28-12-13-29(40-28)24-6-5-7-25(22-24)30(38)36-16-14-34(4)15-17-36/h5-13,22,33H,14-21,23H2,1-4H3. The average molecular weight is 560 g/mol. The van der Waals surface area contributed by atoms with Gasteiger partial charge in [-0.05, 0) is 76.3 Å². The maximum atomic E-state index is 13.0. The molecule has 2 aliphatic heterocycles. The highest BCUT2D eigenvalue weighted by Gasteiger charge is 2.26. The largest absolute Gasteiger partial charge is 0.459 e. The highest BCUT2D eigenvalue weighted by molar-refractivity contribution is 5.95. The second-order valence-corrected chi connectivity index (χ2v) is 11.8. The molecule has 218 valence electrons. The molecule has 3 aromatic rings. The van der Waals surface area contributed by atoms with Gasteiger partial charge in [-0.15, -0.1) is 0 Å². The molecule has 0 atom stereocenters. The number of nitrogens with zero attached hydrogens (tertiary/aromatic N) is 4. The summed E-state index contributed by atoms with van der Waals surface area (Å²) in [5.41, 5.74) is 3.23. The Kier molecular flexibility index (Phi) is 8.54.